The van der Waals surface area contributed by atoms with Crippen molar-refractivity contribution in [2.24, 2.45) is 5.73 Å². The molecule has 0 radical (unpaired) electrons. The fourth-order valence-corrected chi connectivity index (χ4v) is 1.44. The molecule has 0 aromatic heterocycles. The number of nitrogens with two attached hydrogens (primary N) is 1. The molecule has 1 aromatic carbocycles. The van der Waals surface area contributed by atoms with E-state index in [1.807, 2.05) is 0 Å². The fourth-order valence-electron chi connectivity index (χ4n) is 1.44. The molecule has 2 N–H and O–H groups in total. The number of halogens is 1. The highest BCUT2D eigenvalue weighted by Crippen LogP contribution is 2.21. The van der Waals surface area contributed by atoms with E-state index in [4.69, 9.17) is 19.9 Å². The van der Waals surface area contributed by atoms with Gasteiger partial charge in [-0.2, -0.15) is 0 Å². The number of hydrogen-bond acceptors (Lipinski definition) is 4. The molecule has 1 atom stereocenters. The average molecular weight is 257 g/mol. The van der Waals surface area contributed by atoms with Crippen molar-refractivity contribution in [2.45, 2.75) is 12.5 Å². The fraction of sp³-hybridized carbons (Fsp3) is 0.417. The number of primary amides is 1. The van der Waals surface area contributed by atoms with Crippen LogP contribution in [0.2, 0.25) is 0 Å². The maximum absolute atomic E-state index is 12.8. The number of hydrogen-bond donors (Lipinski definition) is 1. The van der Waals surface area contributed by atoms with E-state index in [9.17, 15) is 9.18 Å². The summed E-state index contributed by atoms with van der Waals surface area (Å²) < 4.78 is 27.6. The lowest BCUT2D eigenvalue weighted by molar-refractivity contribution is -0.0407. The van der Waals surface area contributed by atoms with Crippen molar-refractivity contribution in [2.75, 3.05) is 20.5 Å². The lowest BCUT2D eigenvalue weighted by atomic mass is 10.1. The lowest BCUT2D eigenvalue weighted by Crippen LogP contribution is -2.19. The summed E-state index contributed by atoms with van der Waals surface area (Å²) in [6, 6.07) is 5.67. The minimum absolute atomic E-state index is 0.159. The SMILES string of the molecule is COCOCCC(OC(N)=O)c1ccc(F)cc1. The molecule has 0 aliphatic heterocycles. The van der Waals surface area contributed by atoms with Gasteiger partial charge in [-0.1, -0.05) is 12.1 Å². The van der Waals surface area contributed by atoms with Crippen molar-refractivity contribution in [3.63, 3.8) is 0 Å². The molecule has 0 heterocycles. The first-order chi connectivity index (χ1) is 8.63. The maximum Gasteiger partial charge on any atom is 0.405 e. The van der Waals surface area contributed by atoms with E-state index in [0.29, 0.717) is 18.6 Å². The number of carbonyl (C=O) groups excluding carboxylic acids is 1. The Balaban J connectivity index is 2.59. The van der Waals surface area contributed by atoms with Gasteiger partial charge in [-0.25, -0.2) is 9.18 Å². The summed E-state index contributed by atoms with van der Waals surface area (Å²) in [5.41, 5.74) is 5.65. The number of carbonyl (C=O) groups is 1. The van der Waals surface area contributed by atoms with Gasteiger partial charge in [-0.05, 0) is 17.7 Å². The molecule has 6 heteroatoms. The van der Waals surface area contributed by atoms with Crippen molar-refractivity contribution >= 4 is 6.09 Å². The standard InChI is InChI=1S/C12H16FNO4/c1-16-8-17-7-6-11(18-12(14)15)9-2-4-10(13)5-3-9/h2-5,11H,6-8H2,1H3,(H2,14,15). The van der Waals surface area contributed by atoms with Gasteiger partial charge < -0.3 is 19.9 Å². The third-order valence-electron chi connectivity index (χ3n) is 2.23. The van der Waals surface area contributed by atoms with Gasteiger partial charge >= 0.3 is 6.09 Å². The van der Waals surface area contributed by atoms with Crippen LogP contribution in [-0.2, 0) is 14.2 Å². The van der Waals surface area contributed by atoms with E-state index < -0.39 is 12.2 Å². The molecule has 0 bridgehead atoms. The Kier molecular flexibility index (Phi) is 6.10. The minimum Gasteiger partial charge on any atom is -0.441 e. The van der Waals surface area contributed by atoms with Crippen molar-refractivity contribution < 1.29 is 23.4 Å². The van der Waals surface area contributed by atoms with Crippen LogP contribution in [0.5, 0.6) is 0 Å². The smallest absolute Gasteiger partial charge is 0.405 e. The Morgan fingerprint density at radius 3 is 2.61 bits per heavy atom. The third-order valence-corrected chi connectivity index (χ3v) is 2.23. The molecule has 1 unspecified atom stereocenters. The van der Waals surface area contributed by atoms with Gasteiger partial charge in [0, 0.05) is 13.5 Å². The Bertz CT molecular complexity index is 369. The summed E-state index contributed by atoms with van der Waals surface area (Å²) in [6.07, 6.45) is -1.02. The van der Waals surface area contributed by atoms with Crippen molar-refractivity contribution in [1.29, 1.82) is 0 Å². The van der Waals surface area contributed by atoms with Crippen LogP contribution in [0.15, 0.2) is 24.3 Å². The molecule has 1 rings (SSSR count). The molecule has 5 nitrogen and oxygen atoms in total. The average Bonchev–Trinajstić information content (AvgIpc) is 2.34. The maximum atomic E-state index is 12.8. The summed E-state index contributed by atoms with van der Waals surface area (Å²) in [7, 11) is 1.51. The van der Waals surface area contributed by atoms with Crippen LogP contribution in [0.3, 0.4) is 0 Å². The lowest BCUT2D eigenvalue weighted by Gasteiger charge is -2.17. The number of ether oxygens (including phenoxy) is 3. The van der Waals surface area contributed by atoms with Crippen molar-refractivity contribution in [3.8, 4) is 0 Å². The van der Waals surface area contributed by atoms with Crippen molar-refractivity contribution in [3.05, 3.63) is 35.6 Å². The van der Waals surface area contributed by atoms with Gasteiger partial charge in [0.1, 0.15) is 18.7 Å². The molecular formula is C12H16FNO4. The Morgan fingerprint density at radius 1 is 1.39 bits per heavy atom. The molecule has 100 valence electrons. The third kappa shape index (κ3) is 5.11. The van der Waals surface area contributed by atoms with E-state index in [2.05, 4.69) is 0 Å². The second-order valence-corrected chi connectivity index (χ2v) is 3.58. The van der Waals surface area contributed by atoms with Crippen LogP contribution in [0.25, 0.3) is 0 Å². The quantitative estimate of drug-likeness (QED) is 0.599. The van der Waals surface area contributed by atoms with E-state index in [0.717, 1.165) is 0 Å². The zero-order valence-corrected chi connectivity index (χ0v) is 10.1. The Morgan fingerprint density at radius 2 is 2.06 bits per heavy atom. The number of benzene rings is 1. The summed E-state index contributed by atoms with van der Waals surface area (Å²) in [4.78, 5) is 10.8. The predicted molar refractivity (Wildman–Crippen MR) is 62.3 cm³/mol. The summed E-state index contributed by atoms with van der Waals surface area (Å²) in [6.45, 7) is 0.496. The molecule has 0 saturated carbocycles. The molecular weight excluding hydrogens is 241 g/mol. The first-order valence-electron chi connectivity index (χ1n) is 5.41. The van der Waals surface area contributed by atoms with Crippen LogP contribution in [0, 0.1) is 5.82 Å². The molecule has 18 heavy (non-hydrogen) atoms. The predicted octanol–water partition coefficient (Wildman–Crippen LogP) is 1.97. The highest BCUT2D eigenvalue weighted by Gasteiger charge is 2.15. The van der Waals surface area contributed by atoms with Crippen LogP contribution >= 0.6 is 0 Å². The first-order valence-corrected chi connectivity index (χ1v) is 5.41. The molecule has 0 fully saturated rings. The Hall–Kier alpha value is -1.66. The van der Waals surface area contributed by atoms with E-state index in [-0.39, 0.29) is 12.6 Å². The zero-order chi connectivity index (χ0) is 13.4. The van der Waals surface area contributed by atoms with Crippen LogP contribution < -0.4 is 5.73 Å². The highest BCUT2D eigenvalue weighted by atomic mass is 19.1. The second kappa shape index (κ2) is 7.62. The van der Waals surface area contributed by atoms with Crippen molar-refractivity contribution in [1.82, 2.24) is 0 Å². The van der Waals surface area contributed by atoms with Gasteiger partial charge in [0.05, 0.1) is 6.61 Å². The van der Waals surface area contributed by atoms with E-state index in [1.54, 1.807) is 12.1 Å². The number of amides is 1. The molecule has 1 amide bonds. The monoisotopic (exact) mass is 257 g/mol. The van der Waals surface area contributed by atoms with Gasteiger partial charge in [0.15, 0.2) is 0 Å². The van der Waals surface area contributed by atoms with Gasteiger partial charge in [-0.15, -0.1) is 0 Å². The highest BCUT2D eigenvalue weighted by molar-refractivity contribution is 5.65. The summed E-state index contributed by atoms with van der Waals surface area (Å²) >= 11 is 0. The number of methoxy groups -OCH3 is 1. The van der Waals surface area contributed by atoms with Crippen LogP contribution in [0.4, 0.5) is 9.18 Å². The van der Waals surface area contributed by atoms with Crippen LogP contribution in [0.1, 0.15) is 18.1 Å². The largest absolute Gasteiger partial charge is 0.441 e. The van der Waals surface area contributed by atoms with Gasteiger partial charge in [0.25, 0.3) is 0 Å². The molecule has 0 aliphatic rings. The second-order valence-electron chi connectivity index (χ2n) is 3.58. The summed E-state index contributed by atoms with van der Waals surface area (Å²) in [5.74, 6) is -0.354. The molecule has 0 aliphatic carbocycles. The Labute approximate surface area is 105 Å². The van der Waals surface area contributed by atoms with Gasteiger partial charge in [0.2, 0.25) is 0 Å². The topological polar surface area (TPSA) is 70.8 Å². The molecule has 0 spiro atoms. The summed E-state index contributed by atoms with van der Waals surface area (Å²) in [5, 5.41) is 0. The zero-order valence-electron chi connectivity index (χ0n) is 10.1. The van der Waals surface area contributed by atoms with E-state index in [1.165, 1.54) is 19.2 Å². The van der Waals surface area contributed by atoms with Crippen LogP contribution in [-0.4, -0.2) is 26.6 Å². The number of rotatable bonds is 7. The molecule has 1 aromatic rings. The normalized spacial score (nSPS) is 12.1. The minimum atomic E-state index is -0.879. The molecule has 0 saturated heterocycles. The first kappa shape index (κ1) is 14.4. The van der Waals surface area contributed by atoms with E-state index >= 15 is 0 Å². The van der Waals surface area contributed by atoms with Gasteiger partial charge in [-0.3, -0.25) is 0 Å².